The zero-order chi connectivity index (χ0) is 18.9. The minimum atomic E-state index is 0.107. The summed E-state index contributed by atoms with van der Waals surface area (Å²) >= 11 is 0. The Kier molecular flexibility index (Phi) is 3.88. The molecule has 1 amide bonds. The fourth-order valence-corrected chi connectivity index (χ4v) is 6.14. The van der Waals surface area contributed by atoms with Crippen LogP contribution in [-0.2, 0) is 12.8 Å². The molecule has 0 N–H and O–H groups in total. The Balaban J connectivity index is 1.60. The van der Waals surface area contributed by atoms with E-state index in [1.807, 2.05) is 0 Å². The van der Waals surface area contributed by atoms with Crippen molar-refractivity contribution in [2.75, 3.05) is 6.54 Å². The highest BCUT2D eigenvalue weighted by Crippen LogP contribution is 2.53. The number of fused-ring (bicyclic) bond motifs is 3. The molecule has 0 radical (unpaired) electrons. The van der Waals surface area contributed by atoms with Crippen LogP contribution in [0.4, 0.5) is 0 Å². The number of aryl methyl sites for hydroxylation is 1. The molecule has 3 aliphatic rings. The van der Waals surface area contributed by atoms with Gasteiger partial charge in [-0.25, -0.2) is 0 Å². The van der Waals surface area contributed by atoms with Gasteiger partial charge in [-0.3, -0.25) is 4.79 Å². The van der Waals surface area contributed by atoms with Gasteiger partial charge in [0.05, 0.1) is 0 Å². The summed E-state index contributed by atoms with van der Waals surface area (Å²) in [5.41, 5.74) is 2.50. The van der Waals surface area contributed by atoms with Gasteiger partial charge in [-0.15, -0.1) is 0 Å². The number of hydrogen-bond acceptors (Lipinski definition) is 3. The van der Waals surface area contributed by atoms with Gasteiger partial charge in [0.15, 0.2) is 5.69 Å². The number of carbonyl (C=O) groups excluding carboxylic acids is 1. The molecule has 0 spiro atoms. The van der Waals surface area contributed by atoms with E-state index in [4.69, 9.17) is 4.52 Å². The minimum absolute atomic E-state index is 0.107. The van der Waals surface area contributed by atoms with Crippen LogP contribution in [0.15, 0.2) is 4.52 Å². The van der Waals surface area contributed by atoms with Crippen molar-refractivity contribution in [3.63, 3.8) is 0 Å². The second kappa shape index (κ2) is 5.59. The zero-order valence-corrected chi connectivity index (χ0v) is 17.3. The summed E-state index contributed by atoms with van der Waals surface area (Å²) < 4.78 is 5.61. The van der Waals surface area contributed by atoms with Crippen molar-refractivity contribution in [1.29, 1.82) is 0 Å². The van der Waals surface area contributed by atoms with Crippen LogP contribution in [0.25, 0.3) is 0 Å². The van der Waals surface area contributed by atoms with Gasteiger partial charge in [-0.05, 0) is 54.3 Å². The number of carbonyl (C=O) groups is 1. The molecule has 3 atom stereocenters. The van der Waals surface area contributed by atoms with E-state index < -0.39 is 0 Å². The fraction of sp³-hybridized carbons (Fsp3) is 0.818. The van der Waals surface area contributed by atoms with Crippen LogP contribution in [-0.4, -0.2) is 28.6 Å². The quantitative estimate of drug-likeness (QED) is 0.720. The van der Waals surface area contributed by atoms with Gasteiger partial charge in [0.1, 0.15) is 5.76 Å². The van der Waals surface area contributed by atoms with Crippen LogP contribution in [0, 0.1) is 22.2 Å². The Morgan fingerprint density at radius 1 is 1.23 bits per heavy atom. The molecule has 0 aromatic carbocycles. The first kappa shape index (κ1) is 18.1. The van der Waals surface area contributed by atoms with Crippen molar-refractivity contribution in [2.45, 2.75) is 86.1 Å². The Hall–Kier alpha value is -1.32. The smallest absolute Gasteiger partial charge is 0.276 e. The zero-order valence-electron chi connectivity index (χ0n) is 17.3. The molecule has 1 aliphatic heterocycles. The van der Waals surface area contributed by atoms with Crippen LogP contribution in [0.1, 0.15) is 89.0 Å². The lowest BCUT2D eigenvalue weighted by molar-refractivity contribution is 0.0696. The molecule has 4 nitrogen and oxygen atoms in total. The number of rotatable bonds is 1. The number of amides is 1. The molecule has 1 saturated carbocycles. The van der Waals surface area contributed by atoms with Crippen molar-refractivity contribution >= 4 is 5.91 Å². The van der Waals surface area contributed by atoms with Gasteiger partial charge in [0, 0.05) is 24.6 Å². The molecule has 1 saturated heterocycles. The van der Waals surface area contributed by atoms with Gasteiger partial charge in [0.25, 0.3) is 5.91 Å². The summed E-state index contributed by atoms with van der Waals surface area (Å²) in [6, 6.07) is 0.352. The van der Waals surface area contributed by atoms with E-state index in [0.717, 1.165) is 50.0 Å². The first-order valence-electron chi connectivity index (χ1n) is 10.3. The normalized spacial score (nSPS) is 33.2. The summed E-state index contributed by atoms with van der Waals surface area (Å²) in [5, 5.41) is 4.27. The first-order valence-corrected chi connectivity index (χ1v) is 10.3. The van der Waals surface area contributed by atoms with E-state index >= 15 is 0 Å². The molecule has 4 heteroatoms. The van der Waals surface area contributed by atoms with E-state index in [1.165, 1.54) is 6.42 Å². The molecule has 1 aromatic heterocycles. The third-order valence-corrected chi connectivity index (χ3v) is 7.14. The topological polar surface area (TPSA) is 46.3 Å². The summed E-state index contributed by atoms with van der Waals surface area (Å²) in [6.45, 7) is 14.8. The summed E-state index contributed by atoms with van der Waals surface area (Å²) in [5.74, 6) is 1.63. The molecule has 2 heterocycles. The number of likely N-dealkylation sites (tertiary alicyclic amines) is 1. The van der Waals surface area contributed by atoms with Crippen molar-refractivity contribution in [2.24, 2.45) is 22.2 Å². The largest absolute Gasteiger partial charge is 0.360 e. The minimum Gasteiger partial charge on any atom is -0.360 e. The Labute approximate surface area is 157 Å². The average molecular weight is 359 g/mol. The maximum absolute atomic E-state index is 13.4. The predicted octanol–water partition coefficient (Wildman–Crippen LogP) is 4.87. The number of aromatic nitrogens is 1. The highest BCUT2D eigenvalue weighted by molar-refractivity contribution is 5.94. The van der Waals surface area contributed by atoms with Crippen LogP contribution < -0.4 is 0 Å². The maximum Gasteiger partial charge on any atom is 0.276 e. The van der Waals surface area contributed by atoms with E-state index in [0.29, 0.717) is 23.1 Å². The third-order valence-electron chi connectivity index (χ3n) is 7.14. The summed E-state index contributed by atoms with van der Waals surface area (Å²) in [6.07, 6.45) is 6.38. The van der Waals surface area contributed by atoms with Crippen molar-refractivity contribution in [1.82, 2.24) is 10.1 Å². The maximum atomic E-state index is 13.4. The van der Waals surface area contributed by atoms with Crippen LogP contribution >= 0.6 is 0 Å². The lowest BCUT2D eigenvalue weighted by Gasteiger charge is -2.39. The van der Waals surface area contributed by atoms with Gasteiger partial charge in [0.2, 0.25) is 0 Å². The van der Waals surface area contributed by atoms with Crippen LogP contribution in [0.2, 0.25) is 0 Å². The monoisotopic (exact) mass is 358 g/mol. The van der Waals surface area contributed by atoms with Gasteiger partial charge < -0.3 is 9.42 Å². The van der Waals surface area contributed by atoms with Gasteiger partial charge in [-0.2, -0.15) is 0 Å². The molecule has 2 fully saturated rings. The van der Waals surface area contributed by atoms with Crippen molar-refractivity contribution in [3.8, 4) is 0 Å². The first-order chi connectivity index (χ1) is 12.0. The molecule has 26 heavy (non-hydrogen) atoms. The van der Waals surface area contributed by atoms with E-state index in [2.05, 4.69) is 51.6 Å². The molecular formula is C22H34N2O2. The molecule has 4 rings (SSSR count). The Bertz CT molecular complexity index is 727. The predicted molar refractivity (Wildman–Crippen MR) is 102 cm³/mol. The fourth-order valence-electron chi connectivity index (χ4n) is 6.14. The summed E-state index contributed by atoms with van der Waals surface area (Å²) in [7, 11) is 0. The van der Waals surface area contributed by atoms with Crippen molar-refractivity contribution < 1.29 is 9.32 Å². The van der Waals surface area contributed by atoms with Gasteiger partial charge >= 0.3 is 0 Å². The van der Waals surface area contributed by atoms with E-state index in [1.54, 1.807) is 0 Å². The average Bonchev–Trinajstić information content (AvgIpc) is 3.02. The SMILES string of the molecule is CC1(C)CC2CC(C)(CN2C(=O)c2noc3c2CC(C(C)(C)C)CC3)C1. The Morgan fingerprint density at radius 2 is 1.96 bits per heavy atom. The highest BCUT2D eigenvalue weighted by Gasteiger charge is 2.51. The van der Waals surface area contributed by atoms with Crippen LogP contribution in [0.5, 0.6) is 0 Å². The molecule has 2 bridgehead atoms. The van der Waals surface area contributed by atoms with Gasteiger partial charge in [-0.1, -0.05) is 46.7 Å². The second-order valence-electron chi connectivity index (χ2n) is 11.4. The van der Waals surface area contributed by atoms with E-state index in [-0.39, 0.29) is 16.7 Å². The number of hydrogen-bond donors (Lipinski definition) is 0. The molecule has 2 aliphatic carbocycles. The lowest BCUT2D eigenvalue weighted by Crippen LogP contribution is -2.38. The van der Waals surface area contributed by atoms with E-state index in [9.17, 15) is 4.79 Å². The Morgan fingerprint density at radius 3 is 2.65 bits per heavy atom. The second-order valence-corrected chi connectivity index (χ2v) is 11.4. The molecular weight excluding hydrogens is 324 g/mol. The third kappa shape index (κ3) is 2.99. The van der Waals surface area contributed by atoms with Crippen molar-refractivity contribution in [3.05, 3.63) is 17.0 Å². The standard InChI is InChI=1S/C22H34N2O2/c1-20(2,3)14-7-8-17-16(9-14)18(23-26-17)19(25)24-13-22(6)11-15(24)10-21(4,5)12-22/h14-15H,7-13H2,1-6H3. The molecule has 144 valence electrons. The molecule has 1 aromatic rings. The van der Waals surface area contributed by atoms with Crippen LogP contribution in [0.3, 0.4) is 0 Å². The molecule has 3 unspecified atom stereocenters. The lowest BCUT2D eigenvalue weighted by atomic mass is 9.65. The number of nitrogens with zero attached hydrogens (tertiary/aromatic N) is 2. The highest BCUT2D eigenvalue weighted by atomic mass is 16.5. The summed E-state index contributed by atoms with van der Waals surface area (Å²) in [4.78, 5) is 15.6.